The van der Waals surface area contributed by atoms with E-state index in [2.05, 4.69) is 11.5 Å². The maximum absolute atomic E-state index is 12.2. The van der Waals surface area contributed by atoms with Crippen LogP contribution in [0.1, 0.15) is 36.8 Å². The first-order valence-electron chi connectivity index (χ1n) is 7.06. The highest BCUT2D eigenvalue weighted by Gasteiger charge is 2.20. The number of fused-ring (bicyclic) bond motifs is 1. The Hall–Kier alpha value is -1.97. The standard InChI is InChI=1S/C16H21NO3/c1-5-17-11(4)15(16(18)20-7-3)13-10-12(19-6-2)8-9-14(13)17/h8-10H,5-7H2,1-4H3. The molecule has 0 fully saturated rings. The highest BCUT2D eigenvalue weighted by atomic mass is 16.5. The molecular weight excluding hydrogens is 254 g/mol. The Bertz CT molecular complexity index is 628. The third-order valence-corrected chi connectivity index (χ3v) is 3.40. The second kappa shape index (κ2) is 5.99. The average molecular weight is 275 g/mol. The fraction of sp³-hybridized carbons (Fsp3) is 0.438. The van der Waals surface area contributed by atoms with Crippen LogP contribution in [0, 0.1) is 6.92 Å². The van der Waals surface area contributed by atoms with Crippen LogP contribution < -0.4 is 4.74 Å². The molecule has 2 rings (SSSR count). The minimum Gasteiger partial charge on any atom is -0.494 e. The van der Waals surface area contributed by atoms with E-state index >= 15 is 0 Å². The second-order valence-corrected chi connectivity index (χ2v) is 4.54. The molecule has 0 amide bonds. The van der Waals surface area contributed by atoms with Gasteiger partial charge in [0.1, 0.15) is 5.75 Å². The molecule has 1 heterocycles. The molecule has 0 N–H and O–H groups in total. The monoisotopic (exact) mass is 275 g/mol. The number of hydrogen-bond donors (Lipinski definition) is 0. The highest BCUT2D eigenvalue weighted by molar-refractivity contribution is 6.06. The van der Waals surface area contributed by atoms with Crippen LogP contribution in [0.4, 0.5) is 0 Å². The van der Waals surface area contributed by atoms with E-state index in [1.165, 1.54) is 0 Å². The van der Waals surface area contributed by atoms with Crippen molar-refractivity contribution in [3.05, 3.63) is 29.5 Å². The Labute approximate surface area is 119 Å². The summed E-state index contributed by atoms with van der Waals surface area (Å²) in [6.45, 7) is 9.58. The van der Waals surface area contributed by atoms with Crippen molar-refractivity contribution in [3.63, 3.8) is 0 Å². The van der Waals surface area contributed by atoms with Crippen LogP contribution in [-0.2, 0) is 11.3 Å². The molecule has 0 saturated heterocycles. The van der Waals surface area contributed by atoms with Gasteiger partial charge in [0.2, 0.25) is 0 Å². The maximum atomic E-state index is 12.2. The Kier molecular flexibility index (Phi) is 4.32. The van der Waals surface area contributed by atoms with Gasteiger partial charge in [-0.3, -0.25) is 0 Å². The van der Waals surface area contributed by atoms with Crippen molar-refractivity contribution in [1.29, 1.82) is 0 Å². The summed E-state index contributed by atoms with van der Waals surface area (Å²) in [5, 5.41) is 0.897. The fourth-order valence-electron chi connectivity index (χ4n) is 2.59. The van der Waals surface area contributed by atoms with Gasteiger partial charge in [-0.1, -0.05) is 0 Å². The van der Waals surface area contributed by atoms with Crippen LogP contribution in [0.2, 0.25) is 0 Å². The second-order valence-electron chi connectivity index (χ2n) is 4.54. The predicted octanol–water partition coefficient (Wildman–Crippen LogP) is 3.55. The van der Waals surface area contributed by atoms with Crippen LogP contribution in [0.3, 0.4) is 0 Å². The third-order valence-electron chi connectivity index (χ3n) is 3.40. The van der Waals surface area contributed by atoms with E-state index < -0.39 is 0 Å². The molecule has 108 valence electrons. The smallest absolute Gasteiger partial charge is 0.340 e. The maximum Gasteiger partial charge on any atom is 0.340 e. The molecule has 0 saturated carbocycles. The number of carbonyl (C=O) groups is 1. The van der Waals surface area contributed by atoms with Crippen LogP contribution >= 0.6 is 0 Å². The summed E-state index contributed by atoms with van der Waals surface area (Å²) in [7, 11) is 0. The lowest BCUT2D eigenvalue weighted by Crippen LogP contribution is -2.07. The van der Waals surface area contributed by atoms with Crippen molar-refractivity contribution in [2.75, 3.05) is 13.2 Å². The number of nitrogens with zero attached hydrogens (tertiary/aromatic N) is 1. The first-order chi connectivity index (χ1) is 9.63. The molecule has 0 aliphatic heterocycles. The van der Waals surface area contributed by atoms with Gasteiger partial charge in [0.25, 0.3) is 0 Å². The van der Waals surface area contributed by atoms with Gasteiger partial charge in [0.05, 0.1) is 18.8 Å². The molecule has 0 aliphatic rings. The number of hydrogen-bond acceptors (Lipinski definition) is 3. The summed E-state index contributed by atoms with van der Waals surface area (Å²) in [5.41, 5.74) is 2.62. The molecular formula is C16H21NO3. The van der Waals surface area contributed by atoms with E-state index in [4.69, 9.17) is 9.47 Å². The largest absolute Gasteiger partial charge is 0.494 e. The zero-order valence-corrected chi connectivity index (χ0v) is 12.5. The summed E-state index contributed by atoms with van der Waals surface area (Å²) in [4.78, 5) is 12.2. The van der Waals surface area contributed by atoms with Crippen LogP contribution in [0.15, 0.2) is 18.2 Å². The van der Waals surface area contributed by atoms with Crippen molar-refractivity contribution in [3.8, 4) is 5.75 Å². The van der Waals surface area contributed by atoms with Crippen LogP contribution in [-0.4, -0.2) is 23.8 Å². The quantitative estimate of drug-likeness (QED) is 0.784. The minimum atomic E-state index is -0.268. The molecule has 0 bridgehead atoms. The Morgan fingerprint density at radius 2 is 1.95 bits per heavy atom. The van der Waals surface area contributed by atoms with Crippen molar-refractivity contribution in [2.45, 2.75) is 34.2 Å². The van der Waals surface area contributed by atoms with Crippen LogP contribution in [0.25, 0.3) is 10.9 Å². The lowest BCUT2D eigenvalue weighted by molar-refractivity contribution is 0.0527. The van der Waals surface area contributed by atoms with Gasteiger partial charge in [-0.25, -0.2) is 4.79 Å². The first-order valence-corrected chi connectivity index (χ1v) is 7.06. The molecule has 1 aromatic heterocycles. The zero-order chi connectivity index (χ0) is 14.7. The van der Waals surface area contributed by atoms with E-state index in [9.17, 15) is 4.79 Å². The van der Waals surface area contributed by atoms with Gasteiger partial charge in [0, 0.05) is 23.1 Å². The lowest BCUT2D eigenvalue weighted by atomic mass is 10.1. The number of carbonyl (C=O) groups excluding carboxylic acids is 1. The SMILES string of the molecule is CCOC(=O)c1c(C)n(CC)c2ccc(OCC)cc12. The summed E-state index contributed by atoms with van der Waals surface area (Å²) < 4.78 is 12.8. The van der Waals surface area contributed by atoms with E-state index in [0.29, 0.717) is 18.8 Å². The third kappa shape index (κ3) is 2.38. The number of aromatic nitrogens is 1. The summed E-state index contributed by atoms with van der Waals surface area (Å²) in [6, 6.07) is 5.86. The number of benzene rings is 1. The molecule has 2 aromatic rings. The fourth-order valence-corrected chi connectivity index (χ4v) is 2.59. The first kappa shape index (κ1) is 14.4. The zero-order valence-electron chi connectivity index (χ0n) is 12.5. The molecule has 20 heavy (non-hydrogen) atoms. The van der Waals surface area contributed by atoms with Crippen molar-refractivity contribution >= 4 is 16.9 Å². The molecule has 1 aromatic carbocycles. The van der Waals surface area contributed by atoms with Gasteiger partial charge in [0.15, 0.2) is 0 Å². The van der Waals surface area contributed by atoms with Gasteiger partial charge in [-0.05, 0) is 45.9 Å². The summed E-state index contributed by atoms with van der Waals surface area (Å²) in [6.07, 6.45) is 0. The molecule has 0 spiro atoms. The summed E-state index contributed by atoms with van der Waals surface area (Å²) in [5.74, 6) is 0.509. The topological polar surface area (TPSA) is 40.5 Å². The Balaban J connectivity index is 2.66. The van der Waals surface area contributed by atoms with Gasteiger partial charge < -0.3 is 14.0 Å². The lowest BCUT2D eigenvalue weighted by Gasteiger charge is -2.05. The Morgan fingerprint density at radius 1 is 1.20 bits per heavy atom. The molecule has 4 heteroatoms. The number of aryl methyl sites for hydroxylation is 1. The summed E-state index contributed by atoms with van der Waals surface area (Å²) >= 11 is 0. The van der Waals surface area contributed by atoms with Gasteiger partial charge in [-0.2, -0.15) is 0 Å². The average Bonchev–Trinajstić information content (AvgIpc) is 2.70. The molecule has 0 aliphatic carbocycles. The molecule has 0 radical (unpaired) electrons. The highest BCUT2D eigenvalue weighted by Crippen LogP contribution is 2.30. The number of ether oxygens (including phenoxy) is 2. The minimum absolute atomic E-state index is 0.268. The molecule has 4 nitrogen and oxygen atoms in total. The molecule has 0 atom stereocenters. The van der Waals surface area contributed by atoms with E-state index in [0.717, 1.165) is 28.9 Å². The van der Waals surface area contributed by atoms with Crippen LogP contribution in [0.5, 0.6) is 5.75 Å². The van der Waals surface area contributed by atoms with Crippen molar-refractivity contribution in [1.82, 2.24) is 4.57 Å². The van der Waals surface area contributed by atoms with Crippen molar-refractivity contribution < 1.29 is 14.3 Å². The van der Waals surface area contributed by atoms with Gasteiger partial charge in [-0.15, -0.1) is 0 Å². The Morgan fingerprint density at radius 3 is 2.55 bits per heavy atom. The van der Waals surface area contributed by atoms with E-state index in [1.807, 2.05) is 39.0 Å². The van der Waals surface area contributed by atoms with Crippen molar-refractivity contribution in [2.24, 2.45) is 0 Å². The van der Waals surface area contributed by atoms with E-state index in [-0.39, 0.29) is 5.97 Å². The van der Waals surface area contributed by atoms with Gasteiger partial charge >= 0.3 is 5.97 Å². The normalized spacial score (nSPS) is 10.8. The predicted molar refractivity (Wildman–Crippen MR) is 79.5 cm³/mol. The molecule has 0 unspecified atom stereocenters. The number of esters is 1. The number of rotatable bonds is 5. The van der Waals surface area contributed by atoms with E-state index in [1.54, 1.807) is 0 Å².